The maximum Gasteiger partial charge on any atom is 0.304 e. The van der Waals surface area contributed by atoms with Gasteiger partial charge in [0.2, 0.25) is 11.9 Å². The highest BCUT2D eigenvalue weighted by molar-refractivity contribution is 5.67. The first kappa shape index (κ1) is 18.1. The number of carbonyl (C=O) groups excluding carboxylic acids is 1. The Morgan fingerprint density at radius 2 is 1.80 bits per heavy atom. The van der Waals surface area contributed by atoms with E-state index < -0.39 is 12.1 Å². The summed E-state index contributed by atoms with van der Waals surface area (Å²) in [6.45, 7) is 1.51. The lowest BCUT2D eigenvalue weighted by Gasteiger charge is -2.19. The van der Waals surface area contributed by atoms with Crippen LogP contribution in [-0.2, 0) is 16.1 Å². The quantitative estimate of drug-likeness (QED) is 0.718. The maximum absolute atomic E-state index is 11.3. The number of hydrogen-bond acceptors (Lipinski definition) is 6. The minimum atomic E-state index is -1.11. The van der Waals surface area contributed by atoms with Gasteiger partial charge in [-0.25, -0.2) is 0 Å². The Balaban J connectivity index is 2.44. The van der Waals surface area contributed by atoms with Crippen molar-refractivity contribution in [3.05, 3.63) is 53.6 Å². The van der Waals surface area contributed by atoms with E-state index in [1.165, 1.54) is 21.1 Å². The predicted octanol–water partition coefficient (Wildman–Crippen LogP) is 3.41. The van der Waals surface area contributed by atoms with Crippen molar-refractivity contribution in [1.82, 2.24) is 0 Å². The van der Waals surface area contributed by atoms with Crippen LogP contribution in [0.3, 0.4) is 0 Å². The fraction of sp³-hybridized carbons (Fsp3) is 0.263. The van der Waals surface area contributed by atoms with Crippen molar-refractivity contribution < 1.29 is 23.7 Å². The smallest absolute Gasteiger partial charge is 0.304 e. The van der Waals surface area contributed by atoms with Crippen LogP contribution in [0.25, 0.3) is 0 Å². The molecule has 0 aliphatic heterocycles. The van der Waals surface area contributed by atoms with Gasteiger partial charge in [0, 0.05) is 6.92 Å². The number of hydrogen-bond donors (Lipinski definition) is 0. The SMILES string of the molecule is COc1ccc([C@@H](C#N)OC(C)=O)c(OCc2ccccc2)c1OC. The van der Waals surface area contributed by atoms with Crippen molar-refractivity contribution in [2.24, 2.45) is 0 Å². The number of esters is 1. The van der Waals surface area contributed by atoms with Crippen LogP contribution in [-0.4, -0.2) is 20.2 Å². The van der Waals surface area contributed by atoms with E-state index in [4.69, 9.17) is 18.9 Å². The molecule has 25 heavy (non-hydrogen) atoms. The second-order valence-electron chi connectivity index (χ2n) is 5.11. The van der Waals surface area contributed by atoms with Crippen LogP contribution in [0, 0.1) is 11.3 Å². The molecule has 1 atom stereocenters. The van der Waals surface area contributed by atoms with Gasteiger partial charge < -0.3 is 18.9 Å². The molecule has 0 bridgehead atoms. The first-order valence-electron chi connectivity index (χ1n) is 7.59. The standard InChI is InChI=1S/C19H19NO5/c1-13(21)25-17(11-20)15-9-10-16(22-2)19(23-3)18(15)24-12-14-7-5-4-6-8-14/h4-10,17H,12H2,1-3H3/t17-/m1/s1. The second-order valence-corrected chi connectivity index (χ2v) is 5.11. The van der Waals surface area contributed by atoms with Crippen LogP contribution < -0.4 is 14.2 Å². The molecule has 0 N–H and O–H groups in total. The summed E-state index contributed by atoms with van der Waals surface area (Å²) < 4.78 is 21.7. The average Bonchev–Trinajstić information content (AvgIpc) is 2.64. The van der Waals surface area contributed by atoms with E-state index in [9.17, 15) is 10.1 Å². The Hall–Kier alpha value is -3.20. The van der Waals surface area contributed by atoms with E-state index in [-0.39, 0.29) is 6.61 Å². The minimum Gasteiger partial charge on any atom is -0.493 e. The minimum absolute atomic E-state index is 0.260. The lowest BCUT2D eigenvalue weighted by molar-refractivity contribution is -0.144. The van der Waals surface area contributed by atoms with Crippen LogP contribution in [0.15, 0.2) is 42.5 Å². The number of rotatable bonds is 7. The molecule has 0 saturated heterocycles. The molecule has 0 spiro atoms. The molecule has 0 aromatic heterocycles. The summed E-state index contributed by atoms with van der Waals surface area (Å²) in [5, 5.41) is 9.37. The first-order valence-corrected chi connectivity index (χ1v) is 7.59. The van der Waals surface area contributed by atoms with Gasteiger partial charge in [-0.05, 0) is 17.7 Å². The summed E-state index contributed by atoms with van der Waals surface area (Å²) in [7, 11) is 2.98. The topological polar surface area (TPSA) is 77.8 Å². The van der Waals surface area contributed by atoms with Gasteiger partial charge in [0.25, 0.3) is 0 Å². The van der Waals surface area contributed by atoms with Crippen molar-refractivity contribution in [2.75, 3.05) is 14.2 Å². The number of carbonyl (C=O) groups is 1. The van der Waals surface area contributed by atoms with Crippen LogP contribution in [0.2, 0.25) is 0 Å². The Bertz CT molecular complexity index is 767. The third kappa shape index (κ3) is 4.42. The molecule has 2 aromatic carbocycles. The first-order chi connectivity index (χ1) is 12.1. The molecule has 2 rings (SSSR count). The summed E-state index contributed by atoms with van der Waals surface area (Å²) in [6, 6.07) is 14.8. The molecular weight excluding hydrogens is 322 g/mol. The molecule has 6 nitrogen and oxygen atoms in total. The van der Waals surface area contributed by atoms with Gasteiger partial charge in [0.1, 0.15) is 12.7 Å². The Morgan fingerprint density at radius 1 is 1.08 bits per heavy atom. The normalized spacial score (nSPS) is 11.1. The average molecular weight is 341 g/mol. The lowest BCUT2D eigenvalue weighted by atomic mass is 10.1. The van der Waals surface area contributed by atoms with Crippen molar-refractivity contribution in [3.63, 3.8) is 0 Å². The van der Waals surface area contributed by atoms with Gasteiger partial charge in [0.15, 0.2) is 11.5 Å². The molecule has 130 valence electrons. The Kier molecular flexibility index (Phi) is 6.24. The lowest BCUT2D eigenvalue weighted by Crippen LogP contribution is -2.10. The molecule has 6 heteroatoms. The third-order valence-corrected chi connectivity index (χ3v) is 3.44. The summed E-state index contributed by atoms with van der Waals surface area (Å²) in [6.07, 6.45) is -1.11. The van der Waals surface area contributed by atoms with Gasteiger partial charge in [-0.1, -0.05) is 30.3 Å². The Labute approximate surface area is 146 Å². The van der Waals surface area contributed by atoms with E-state index in [2.05, 4.69) is 0 Å². The predicted molar refractivity (Wildman–Crippen MR) is 90.4 cm³/mol. The molecule has 0 radical (unpaired) electrons. The number of methoxy groups -OCH3 is 2. The number of benzene rings is 2. The number of ether oxygens (including phenoxy) is 4. The van der Waals surface area contributed by atoms with Crippen molar-refractivity contribution >= 4 is 5.97 Å². The molecule has 0 saturated carbocycles. The zero-order valence-corrected chi connectivity index (χ0v) is 14.3. The summed E-state index contributed by atoms with van der Waals surface area (Å²) in [4.78, 5) is 11.3. The summed E-state index contributed by atoms with van der Waals surface area (Å²) in [5.74, 6) is 0.533. The summed E-state index contributed by atoms with van der Waals surface area (Å²) in [5.41, 5.74) is 1.34. The van der Waals surface area contributed by atoms with Crippen LogP contribution in [0.4, 0.5) is 0 Å². The fourth-order valence-corrected chi connectivity index (χ4v) is 2.32. The van der Waals surface area contributed by atoms with Crippen molar-refractivity contribution in [2.45, 2.75) is 19.6 Å². The van der Waals surface area contributed by atoms with Gasteiger partial charge in [-0.3, -0.25) is 4.79 Å². The molecule has 0 heterocycles. The van der Waals surface area contributed by atoms with Gasteiger partial charge >= 0.3 is 5.97 Å². The highest BCUT2D eigenvalue weighted by Gasteiger charge is 2.25. The van der Waals surface area contributed by atoms with Crippen molar-refractivity contribution in [3.8, 4) is 23.3 Å². The highest BCUT2D eigenvalue weighted by atomic mass is 16.6. The van der Waals surface area contributed by atoms with Gasteiger partial charge in [0.05, 0.1) is 19.8 Å². The molecule has 2 aromatic rings. The fourth-order valence-electron chi connectivity index (χ4n) is 2.32. The van der Waals surface area contributed by atoms with Crippen LogP contribution in [0.5, 0.6) is 17.2 Å². The zero-order valence-electron chi connectivity index (χ0n) is 14.3. The summed E-state index contributed by atoms with van der Waals surface area (Å²) >= 11 is 0. The van der Waals surface area contributed by atoms with Crippen molar-refractivity contribution in [1.29, 1.82) is 5.26 Å². The molecule has 0 unspecified atom stereocenters. The van der Waals surface area contributed by atoms with E-state index in [0.29, 0.717) is 22.8 Å². The largest absolute Gasteiger partial charge is 0.493 e. The molecular formula is C19H19NO5. The monoisotopic (exact) mass is 341 g/mol. The third-order valence-electron chi connectivity index (χ3n) is 3.44. The zero-order chi connectivity index (χ0) is 18.2. The van der Waals surface area contributed by atoms with E-state index in [0.717, 1.165) is 5.56 Å². The maximum atomic E-state index is 11.3. The van der Waals surface area contributed by atoms with Crippen LogP contribution >= 0.6 is 0 Å². The number of nitrogens with zero attached hydrogens (tertiary/aromatic N) is 1. The van der Waals surface area contributed by atoms with Crippen LogP contribution in [0.1, 0.15) is 24.2 Å². The van der Waals surface area contributed by atoms with Gasteiger partial charge in [-0.2, -0.15) is 5.26 Å². The van der Waals surface area contributed by atoms with Gasteiger partial charge in [-0.15, -0.1) is 0 Å². The molecule has 0 aliphatic rings. The Morgan fingerprint density at radius 3 is 2.36 bits per heavy atom. The highest BCUT2D eigenvalue weighted by Crippen LogP contribution is 2.43. The molecule has 0 amide bonds. The van der Waals surface area contributed by atoms with E-state index in [1.54, 1.807) is 12.1 Å². The van der Waals surface area contributed by atoms with E-state index in [1.807, 2.05) is 36.4 Å². The molecule has 0 aliphatic carbocycles. The van der Waals surface area contributed by atoms with E-state index >= 15 is 0 Å². The number of nitriles is 1. The second kappa shape index (κ2) is 8.60. The molecule has 0 fully saturated rings.